The molecule has 0 atom stereocenters. The second kappa shape index (κ2) is 3.53. The maximum atomic E-state index is 9.96. The summed E-state index contributed by atoms with van der Waals surface area (Å²) in [6.45, 7) is 1.92. The van der Waals surface area contributed by atoms with E-state index in [-0.39, 0.29) is 0 Å². The van der Waals surface area contributed by atoms with E-state index in [0.29, 0.717) is 0 Å². The Morgan fingerprint density at radius 2 is 2.27 bits per heavy atom. The molecule has 11 heavy (non-hydrogen) atoms. The Hall–Kier alpha value is -0.830. The second-order valence-corrected chi connectivity index (χ2v) is 3.10. The lowest BCUT2D eigenvalue weighted by atomic mass is 10.2. The molecule has 1 amide bonds. The largest absolute Gasteiger partial charge is 0.318 e. The first-order valence-electron chi connectivity index (χ1n) is 3.13. The summed E-state index contributed by atoms with van der Waals surface area (Å²) in [5.41, 5.74) is 1.81. The van der Waals surface area contributed by atoms with E-state index in [1.54, 1.807) is 6.41 Å². The smallest absolute Gasteiger partial charge is 0.314 e. The number of hydrogen-bond donors (Lipinski definition) is 1. The standard InChI is InChI=1S/C8H7BrNO/c1-6-4-7(9)2-3-8(6)10-5-11/h2-4H,1H3,(H,10,11). The van der Waals surface area contributed by atoms with Gasteiger partial charge in [-0.05, 0) is 30.7 Å². The quantitative estimate of drug-likeness (QED) is 0.750. The summed E-state index contributed by atoms with van der Waals surface area (Å²) in [6.07, 6.45) is 1.63. The van der Waals surface area contributed by atoms with E-state index in [1.807, 2.05) is 25.1 Å². The third kappa shape index (κ3) is 2.05. The van der Waals surface area contributed by atoms with Crippen LogP contribution in [0, 0.1) is 6.92 Å². The Balaban J connectivity index is 2.98. The van der Waals surface area contributed by atoms with Gasteiger partial charge in [-0.25, -0.2) is 0 Å². The van der Waals surface area contributed by atoms with E-state index >= 15 is 0 Å². The van der Waals surface area contributed by atoms with E-state index < -0.39 is 0 Å². The van der Waals surface area contributed by atoms with Crippen molar-refractivity contribution in [3.05, 3.63) is 28.2 Å². The van der Waals surface area contributed by atoms with Gasteiger partial charge in [0.1, 0.15) is 0 Å². The van der Waals surface area contributed by atoms with Gasteiger partial charge in [0.05, 0.1) is 0 Å². The third-order valence-electron chi connectivity index (χ3n) is 1.37. The van der Waals surface area contributed by atoms with Crippen molar-refractivity contribution in [2.45, 2.75) is 6.92 Å². The minimum Gasteiger partial charge on any atom is -0.318 e. The molecule has 1 aromatic carbocycles. The molecule has 0 spiro atoms. The number of benzene rings is 1. The van der Waals surface area contributed by atoms with Gasteiger partial charge < -0.3 is 5.32 Å². The monoisotopic (exact) mass is 212 g/mol. The summed E-state index contributed by atoms with van der Waals surface area (Å²) < 4.78 is 1.01. The number of amides is 1. The molecule has 0 aliphatic rings. The molecular formula is C8H7BrNO. The molecule has 0 unspecified atom stereocenters. The fraction of sp³-hybridized carbons (Fsp3) is 0.125. The first-order valence-corrected chi connectivity index (χ1v) is 3.92. The molecule has 0 saturated heterocycles. The van der Waals surface area contributed by atoms with Gasteiger partial charge in [-0.15, -0.1) is 0 Å². The number of halogens is 1. The predicted molar refractivity (Wildman–Crippen MR) is 48.2 cm³/mol. The number of rotatable bonds is 2. The maximum absolute atomic E-state index is 9.96. The highest BCUT2D eigenvalue weighted by Crippen LogP contribution is 2.18. The Bertz CT molecular complexity index is 273. The molecule has 0 bridgehead atoms. The summed E-state index contributed by atoms with van der Waals surface area (Å²) in [6, 6.07) is 5.62. The van der Waals surface area contributed by atoms with Crippen molar-refractivity contribution in [3.8, 4) is 0 Å². The minimum atomic E-state index is 0.795. The zero-order valence-electron chi connectivity index (χ0n) is 6.02. The van der Waals surface area contributed by atoms with Gasteiger partial charge in [0, 0.05) is 10.2 Å². The summed E-state index contributed by atoms with van der Waals surface area (Å²) in [5.74, 6) is 0. The molecule has 2 nitrogen and oxygen atoms in total. The van der Waals surface area contributed by atoms with Crippen LogP contribution in [0.3, 0.4) is 0 Å². The molecule has 3 heteroatoms. The van der Waals surface area contributed by atoms with Gasteiger partial charge >= 0.3 is 6.41 Å². The molecular weight excluding hydrogens is 206 g/mol. The molecule has 0 heterocycles. The van der Waals surface area contributed by atoms with Gasteiger partial charge in [-0.2, -0.15) is 0 Å². The lowest BCUT2D eigenvalue weighted by molar-refractivity contribution is 0.561. The zero-order valence-corrected chi connectivity index (χ0v) is 7.60. The van der Waals surface area contributed by atoms with E-state index in [9.17, 15) is 4.79 Å². The van der Waals surface area contributed by atoms with Crippen LogP contribution in [-0.2, 0) is 4.79 Å². The molecule has 0 aliphatic carbocycles. The van der Waals surface area contributed by atoms with E-state index in [0.717, 1.165) is 15.7 Å². The van der Waals surface area contributed by atoms with E-state index in [1.165, 1.54) is 0 Å². The highest BCUT2D eigenvalue weighted by molar-refractivity contribution is 9.10. The van der Waals surface area contributed by atoms with Crippen LogP contribution >= 0.6 is 15.9 Å². The number of anilines is 1. The molecule has 0 aromatic heterocycles. The van der Waals surface area contributed by atoms with E-state index in [4.69, 9.17) is 0 Å². The number of carbonyl (C=O) groups excluding carboxylic acids is 1. The zero-order chi connectivity index (χ0) is 8.27. The van der Waals surface area contributed by atoms with Crippen molar-refractivity contribution in [1.29, 1.82) is 0 Å². The van der Waals surface area contributed by atoms with Crippen LogP contribution in [0.1, 0.15) is 5.56 Å². The van der Waals surface area contributed by atoms with Crippen molar-refractivity contribution >= 4 is 28.0 Å². The molecule has 57 valence electrons. The van der Waals surface area contributed by atoms with Crippen LogP contribution in [0.25, 0.3) is 0 Å². The average Bonchev–Trinajstić information content (AvgIpc) is 1.95. The maximum Gasteiger partial charge on any atom is 0.314 e. The Labute approximate surface area is 73.7 Å². The minimum absolute atomic E-state index is 0.795. The SMILES string of the molecule is Cc1cc(Br)ccc1N[C]=O. The van der Waals surface area contributed by atoms with Crippen molar-refractivity contribution in [1.82, 2.24) is 0 Å². The first-order chi connectivity index (χ1) is 5.24. The molecule has 1 rings (SSSR count). The van der Waals surface area contributed by atoms with Crippen LogP contribution in [-0.4, -0.2) is 6.41 Å². The van der Waals surface area contributed by atoms with Gasteiger partial charge in [0.25, 0.3) is 0 Å². The Morgan fingerprint density at radius 3 is 2.82 bits per heavy atom. The molecule has 0 fully saturated rings. The van der Waals surface area contributed by atoms with Crippen LogP contribution in [0.15, 0.2) is 22.7 Å². The number of aryl methyl sites for hydroxylation is 1. The van der Waals surface area contributed by atoms with Crippen LogP contribution in [0.5, 0.6) is 0 Å². The Kier molecular flexibility index (Phi) is 2.65. The van der Waals surface area contributed by atoms with Crippen LogP contribution in [0.4, 0.5) is 5.69 Å². The highest BCUT2D eigenvalue weighted by atomic mass is 79.9. The Morgan fingerprint density at radius 1 is 1.55 bits per heavy atom. The average molecular weight is 213 g/mol. The second-order valence-electron chi connectivity index (χ2n) is 2.19. The summed E-state index contributed by atoms with van der Waals surface area (Å²) in [7, 11) is 0. The lowest BCUT2D eigenvalue weighted by Gasteiger charge is -2.02. The molecule has 1 N–H and O–H groups in total. The molecule has 1 aromatic rings. The summed E-state index contributed by atoms with van der Waals surface area (Å²) in [5, 5.41) is 2.48. The molecule has 0 saturated carbocycles. The summed E-state index contributed by atoms with van der Waals surface area (Å²) in [4.78, 5) is 9.96. The third-order valence-corrected chi connectivity index (χ3v) is 1.87. The van der Waals surface area contributed by atoms with Crippen molar-refractivity contribution in [2.24, 2.45) is 0 Å². The number of hydrogen-bond acceptors (Lipinski definition) is 1. The van der Waals surface area contributed by atoms with Gasteiger partial charge in [0.15, 0.2) is 0 Å². The van der Waals surface area contributed by atoms with Crippen LogP contribution < -0.4 is 5.32 Å². The highest BCUT2D eigenvalue weighted by Gasteiger charge is 1.96. The predicted octanol–water partition coefficient (Wildman–Crippen LogP) is 2.24. The lowest BCUT2D eigenvalue weighted by Crippen LogP contribution is -1.95. The van der Waals surface area contributed by atoms with Crippen molar-refractivity contribution in [3.63, 3.8) is 0 Å². The van der Waals surface area contributed by atoms with E-state index in [2.05, 4.69) is 21.2 Å². The first kappa shape index (κ1) is 8.27. The topological polar surface area (TPSA) is 29.1 Å². The number of nitrogens with one attached hydrogen (secondary N) is 1. The van der Waals surface area contributed by atoms with Crippen molar-refractivity contribution < 1.29 is 4.79 Å². The van der Waals surface area contributed by atoms with Crippen LogP contribution in [0.2, 0.25) is 0 Å². The molecule has 1 radical (unpaired) electrons. The van der Waals surface area contributed by atoms with Crippen molar-refractivity contribution in [2.75, 3.05) is 5.32 Å². The fourth-order valence-electron chi connectivity index (χ4n) is 0.822. The normalized spacial score (nSPS) is 9.27. The van der Waals surface area contributed by atoms with Gasteiger partial charge in [-0.1, -0.05) is 15.9 Å². The summed E-state index contributed by atoms with van der Waals surface area (Å²) >= 11 is 3.32. The fourth-order valence-corrected chi connectivity index (χ4v) is 1.30. The molecule has 0 aliphatic heterocycles. The van der Waals surface area contributed by atoms with Gasteiger partial charge in [0.2, 0.25) is 0 Å². The van der Waals surface area contributed by atoms with Gasteiger partial charge in [-0.3, -0.25) is 4.79 Å².